The van der Waals surface area contributed by atoms with Gasteiger partial charge in [0.15, 0.2) is 0 Å². The number of aromatic nitrogens is 1. The second kappa shape index (κ2) is 7.97. The number of fused-ring (bicyclic) bond motifs is 1. The molecule has 4 heteroatoms. The van der Waals surface area contributed by atoms with Crippen molar-refractivity contribution in [2.75, 3.05) is 6.54 Å². The van der Waals surface area contributed by atoms with Gasteiger partial charge >= 0.3 is 0 Å². The molecule has 2 aromatic carbocycles. The lowest BCUT2D eigenvalue weighted by molar-refractivity contribution is 0.0713. The molecule has 0 aliphatic heterocycles. The van der Waals surface area contributed by atoms with Gasteiger partial charge in [0.25, 0.3) is 5.91 Å². The summed E-state index contributed by atoms with van der Waals surface area (Å²) >= 11 is 0. The average Bonchev–Trinajstić information content (AvgIpc) is 2.95. The predicted molar refractivity (Wildman–Crippen MR) is 110 cm³/mol. The van der Waals surface area contributed by atoms with Crippen molar-refractivity contribution in [3.63, 3.8) is 0 Å². The summed E-state index contributed by atoms with van der Waals surface area (Å²) in [5.74, 6) is -0.0541. The van der Waals surface area contributed by atoms with Crippen molar-refractivity contribution < 1.29 is 9.90 Å². The maximum Gasteiger partial charge on any atom is 0.251 e. The van der Waals surface area contributed by atoms with E-state index in [0.717, 1.165) is 29.6 Å². The van der Waals surface area contributed by atoms with Crippen LogP contribution in [0, 0.1) is 6.92 Å². The van der Waals surface area contributed by atoms with Gasteiger partial charge < -0.3 is 15.4 Å². The van der Waals surface area contributed by atoms with Crippen LogP contribution >= 0.6 is 0 Å². The maximum absolute atomic E-state index is 12.4. The summed E-state index contributed by atoms with van der Waals surface area (Å²) in [4.78, 5) is 15.8. The van der Waals surface area contributed by atoms with Crippen LogP contribution in [0.25, 0.3) is 10.9 Å². The van der Waals surface area contributed by atoms with Gasteiger partial charge in [0.2, 0.25) is 0 Å². The molecule has 0 saturated carbocycles. The number of amides is 1. The van der Waals surface area contributed by atoms with Crippen molar-refractivity contribution >= 4 is 16.8 Å². The van der Waals surface area contributed by atoms with Gasteiger partial charge in [-0.1, -0.05) is 30.3 Å². The van der Waals surface area contributed by atoms with Crippen LogP contribution in [0.4, 0.5) is 0 Å². The number of aromatic amines is 1. The van der Waals surface area contributed by atoms with Gasteiger partial charge in [-0.05, 0) is 69.4 Å². The van der Waals surface area contributed by atoms with Gasteiger partial charge in [-0.3, -0.25) is 4.79 Å². The first-order valence-electron chi connectivity index (χ1n) is 9.49. The van der Waals surface area contributed by atoms with Gasteiger partial charge in [0, 0.05) is 28.7 Å². The van der Waals surface area contributed by atoms with Crippen molar-refractivity contribution in [2.45, 2.75) is 45.6 Å². The zero-order valence-corrected chi connectivity index (χ0v) is 16.3. The summed E-state index contributed by atoms with van der Waals surface area (Å²) in [5, 5.41) is 14.1. The van der Waals surface area contributed by atoms with Crippen molar-refractivity contribution in [3.05, 3.63) is 70.9 Å². The molecule has 1 amide bonds. The SMILES string of the molecule is Cc1[nH]c2ccccc2c1CCNC(=O)c1ccc(CCC(C)(C)O)cc1. The third kappa shape index (κ3) is 4.98. The Balaban J connectivity index is 1.55. The Kier molecular flexibility index (Phi) is 5.66. The maximum atomic E-state index is 12.4. The Bertz CT molecular complexity index is 918. The van der Waals surface area contributed by atoms with E-state index in [-0.39, 0.29) is 5.91 Å². The normalized spacial score (nSPS) is 11.7. The van der Waals surface area contributed by atoms with Crippen LogP contribution in [-0.2, 0) is 12.8 Å². The Hall–Kier alpha value is -2.59. The fourth-order valence-corrected chi connectivity index (χ4v) is 3.33. The summed E-state index contributed by atoms with van der Waals surface area (Å²) < 4.78 is 0. The highest BCUT2D eigenvalue weighted by molar-refractivity contribution is 5.94. The summed E-state index contributed by atoms with van der Waals surface area (Å²) in [7, 11) is 0. The summed E-state index contributed by atoms with van der Waals surface area (Å²) in [6, 6.07) is 15.9. The molecule has 0 atom stereocenters. The fourth-order valence-electron chi connectivity index (χ4n) is 3.33. The molecule has 27 heavy (non-hydrogen) atoms. The van der Waals surface area contributed by atoms with E-state index < -0.39 is 5.60 Å². The van der Waals surface area contributed by atoms with Crippen LogP contribution in [0.15, 0.2) is 48.5 Å². The zero-order chi connectivity index (χ0) is 19.4. The molecule has 1 heterocycles. The number of nitrogens with one attached hydrogen (secondary N) is 2. The highest BCUT2D eigenvalue weighted by Crippen LogP contribution is 2.22. The molecule has 3 N–H and O–H groups in total. The predicted octanol–water partition coefficient (Wildman–Crippen LogP) is 4.15. The van der Waals surface area contributed by atoms with Crippen LogP contribution in [0.5, 0.6) is 0 Å². The number of rotatable bonds is 7. The molecule has 0 unspecified atom stereocenters. The Labute approximate surface area is 160 Å². The summed E-state index contributed by atoms with van der Waals surface area (Å²) in [6.45, 7) is 6.29. The Morgan fingerprint density at radius 1 is 1.07 bits per heavy atom. The van der Waals surface area contributed by atoms with Gasteiger partial charge in [0.1, 0.15) is 0 Å². The van der Waals surface area contributed by atoms with Crippen LogP contribution in [0.1, 0.15) is 47.4 Å². The van der Waals surface area contributed by atoms with Gasteiger partial charge in [0.05, 0.1) is 5.60 Å². The largest absolute Gasteiger partial charge is 0.390 e. The fraction of sp³-hybridized carbons (Fsp3) is 0.348. The topological polar surface area (TPSA) is 65.1 Å². The van der Waals surface area contributed by atoms with Crippen LogP contribution in [0.2, 0.25) is 0 Å². The molecule has 3 aromatic rings. The number of carbonyl (C=O) groups is 1. The summed E-state index contributed by atoms with van der Waals surface area (Å²) in [6.07, 6.45) is 2.29. The molecular formula is C23H28N2O2. The second-order valence-electron chi connectivity index (χ2n) is 7.79. The van der Waals surface area contributed by atoms with E-state index in [1.165, 1.54) is 10.9 Å². The molecule has 0 aliphatic carbocycles. The number of carbonyl (C=O) groups excluding carboxylic acids is 1. The van der Waals surface area contributed by atoms with E-state index >= 15 is 0 Å². The number of hydrogen-bond acceptors (Lipinski definition) is 2. The third-order valence-electron chi connectivity index (χ3n) is 4.93. The zero-order valence-electron chi connectivity index (χ0n) is 16.3. The molecule has 4 nitrogen and oxygen atoms in total. The first kappa shape index (κ1) is 19.2. The number of H-pyrrole nitrogens is 1. The third-order valence-corrected chi connectivity index (χ3v) is 4.93. The molecule has 142 valence electrons. The highest BCUT2D eigenvalue weighted by atomic mass is 16.3. The lowest BCUT2D eigenvalue weighted by atomic mass is 9.98. The van der Waals surface area contributed by atoms with Gasteiger partial charge in [-0.25, -0.2) is 0 Å². The molecular weight excluding hydrogens is 336 g/mol. The number of aliphatic hydroxyl groups is 1. The van der Waals surface area contributed by atoms with E-state index in [0.29, 0.717) is 18.5 Å². The lowest BCUT2D eigenvalue weighted by Crippen LogP contribution is -2.25. The molecule has 0 fully saturated rings. The lowest BCUT2D eigenvalue weighted by Gasteiger charge is -2.16. The molecule has 0 spiro atoms. The molecule has 0 bridgehead atoms. The minimum Gasteiger partial charge on any atom is -0.390 e. The van der Waals surface area contributed by atoms with Crippen molar-refractivity contribution in [3.8, 4) is 0 Å². The first-order valence-corrected chi connectivity index (χ1v) is 9.49. The van der Waals surface area contributed by atoms with Gasteiger partial charge in [-0.2, -0.15) is 0 Å². The van der Waals surface area contributed by atoms with Gasteiger partial charge in [-0.15, -0.1) is 0 Å². The van der Waals surface area contributed by atoms with E-state index in [4.69, 9.17) is 0 Å². The van der Waals surface area contributed by atoms with Crippen molar-refractivity contribution in [1.82, 2.24) is 10.3 Å². The quantitative estimate of drug-likeness (QED) is 0.589. The standard InChI is InChI=1S/C23H28N2O2/c1-16-19(20-6-4-5-7-21(20)25-16)13-15-24-22(26)18-10-8-17(9-11-18)12-14-23(2,3)27/h4-11,25,27H,12-15H2,1-3H3,(H,24,26). The number of aryl methyl sites for hydroxylation is 2. The van der Waals surface area contributed by atoms with Crippen LogP contribution in [0.3, 0.4) is 0 Å². The van der Waals surface area contributed by atoms with E-state index in [1.54, 1.807) is 0 Å². The second-order valence-corrected chi connectivity index (χ2v) is 7.79. The average molecular weight is 364 g/mol. The highest BCUT2D eigenvalue weighted by Gasteiger charge is 2.13. The smallest absolute Gasteiger partial charge is 0.251 e. The Morgan fingerprint density at radius 3 is 2.48 bits per heavy atom. The van der Waals surface area contributed by atoms with E-state index in [1.807, 2.05) is 50.2 Å². The molecule has 0 radical (unpaired) electrons. The minimum atomic E-state index is -0.670. The van der Waals surface area contributed by atoms with E-state index in [9.17, 15) is 9.90 Å². The molecule has 1 aromatic heterocycles. The number of para-hydroxylation sites is 1. The van der Waals surface area contributed by atoms with Crippen LogP contribution in [-0.4, -0.2) is 28.1 Å². The molecule has 0 saturated heterocycles. The molecule has 0 aliphatic rings. The monoisotopic (exact) mass is 364 g/mol. The van der Waals surface area contributed by atoms with Crippen molar-refractivity contribution in [2.24, 2.45) is 0 Å². The number of hydrogen-bond donors (Lipinski definition) is 3. The van der Waals surface area contributed by atoms with E-state index in [2.05, 4.69) is 29.4 Å². The van der Waals surface area contributed by atoms with Crippen LogP contribution < -0.4 is 5.32 Å². The van der Waals surface area contributed by atoms with Crippen molar-refractivity contribution in [1.29, 1.82) is 0 Å². The minimum absolute atomic E-state index is 0.0541. The number of benzene rings is 2. The Morgan fingerprint density at radius 2 is 1.78 bits per heavy atom. The summed E-state index contributed by atoms with van der Waals surface area (Å²) in [5.41, 5.74) is 4.67. The molecule has 3 rings (SSSR count). The first-order chi connectivity index (χ1) is 12.8.